The van der Waals surface area contributed by atoms with Crippen molar-refractivity contribution in [2.45, 2.75) is 46.5 Å². The smallest absolute Gasteiger partial charge is 0.229 e. The number of hydrogen-bond acceptors (Lipinski definition) is 2. The highest BCUT2D eigenvalue weighted by Gasteiger charge is 2.60. The van der Waals surface area contributed by atoms with Crippen LogP contribution in [0.2, 0.25) is 5.02 Å². The molecule has 1 amide bonds. The van der Waals surface area contributed by atoms with Gasteiger partial charge in [-0.1, -0.05) is 45.4 Å². The number of anilines is 1. The molecule has 1 heterocycles. The average molecular weight is 364 g/mol. The summed E-state index contributed by atoms with van der Waals surface area (Å²) in [4.78, 5) is 19.6. The number of carbonyl (C=O) groups is 1. The van der Waals surface area contributed by atoms with Crippen LogP contribution >= 0.6 is 11.6 Å². The van der Waals surface area contributed by atoms with E-state index in [1.54, 1.807) is 12.1 Å². The zero-order valence-corrected chi connectivity index (χ0v) is 15.8. The summed E-state index contributed by atoms with van der Waals surface area (Å²) in [7, 11) is 0. The number of benzene rings is 1. The van der Waals surface area contributed by atoms with Crippen LogP contribution in [0, 0.1) is 24.1 Å². The second-order valence-corrected chi connectivity index (χ2v) is 8.10. The van der Waals surface area contributed by atoms with Gasteiger partial charge in [0.2, 0.25) is 11.9 Å². The van der Waals surface area contributed by atoms with Gasteiger partial charge < -0.3 is 4.98 Å². The summed E-state index contributed by atoms with van der Waals surface area (Å²) in [5, 5.41) is 2.95. The predicted octanol–water partition coefficient (Wildman–Crippen LogP) is 5.01. The summed E-state index contributed by atoms with van der Waals surface area (Å²) in [5.41, 5.74) is 2.87. The van der Waals surface area contributed by atoms with Crippen LogP contribution in [-0.2, 0) is 4.79 Å². The highest BCUT2D eigenvalue weighted by atomic mass is 35.5. The predicted molar refractivity (Wildman–Crippen MR) is 97.5 cm³/mol. The van der Waals surface area contributed by atoms with E-state index in [0.29, 0.717) is 5.95 Å². The van der Waals surface area contributed by atoms with Gasteiger partial charge in [0.1, 0.15) is 5.82 Å². The Balaban J connectivity index is 1.88. The summed E-state index contributed by atoms with van der Waals surface area (Å²) < 4.78 is 13.5. The zero-order chi connectivity index (χ0) is 18.5. The third-order valence-corrected chi connectivity index (χ3v) is 5.40. The lowest BCUT2D eigenvalue weighted by molar-refractivity contribution is -0.118. The quantitative estimate of drug-likeness (QED) is 0.801. The monoisotopic (exact) mass is 363 g/mol. The Kier molecular flexibility index (Phi) is 4.40. The van der Waals surface area contributed by atoms with E-state index in [-0.39, 0.29) is 34.1 Å². The largest absolute Gasteiger partial charge is 0.328 e. The van der Waals surface area contributed by atoms with Crippen molar-refractivity contribution in [1.82, 2.24) is 9.97 Å². The molecule has 1 aliphatic rings. The number of aromatic nitrogens is 2. The number of carbonyl (C=O) groups excluding carboxylic acids is 1. The van der Waals surface area contributed by atoms with Crippen LogP contribution in [0.5, 0.6) is 0 Å². The van der Waals surface area contributed by atoms with E-state index >= 15 is 0 Å². The molecule has 0 saturated heterocycles. The van der Waals surface area contributed by atoms with E-state index in [9.17, 15) is 9.18 Å². The van der Waals surface area contributed by atoms with Gasteiger partial charge in [-0.3, -0.25) is 10.1 Å². The van der Waals surface area contributed by atoms with E-state index in [2.05, 4.69) is 29.1 Å². The normalized spacial score (nSPS) is 21.4. The van der Waals surface area contributed by atoms with Gasteiger partial charge in [0.05, 0.1) is 10.7 Å². The minimum atomic E-state index is -0.407. The Morgan fingerprint density at radius 3 is 2.64 bits per heavy atom. The molecule has 4 nitrogen and oxygen atoms in total. The topological polar surface area (TPSA) is 57.8 Å². The summed E-state index contributed by atoms with van der Waals surface area (Å²) in [5.74, 6) is 0.286. The first-order chi connectivity index (χ1) is 11.6. The van der Waals surface area contributed by atoms with Crippen molar-refractivity contribution in [3.8, 4) is 0 Å². The minimum absolute atomic E-state index is 0.0135. The number of halogens is 2. The van der Waals surface area contributed by atoms with Gasteiger partial charge in [0.25, 0.3) is 0 Å². The van der Waals surface area contributed by atoms with E-state index in [4.69, 9.17) is 11.6 Å². The van der Waals surface area contributed by atoms with Crippen molar-refractivity contribution in [3.63, 3.8) is 0 Å². The maximum atomic E-state index is 13.5. The molecule has 0 aliphatic heterocycles. The van der Waals surface area contributed by atoms with Crippen molar-refractivity contribution in [1.29, 1.82) is 0 Å². The zero-order valence-electron chi connectivity index (χ0n) is 15.1. The summed E-state index contributed by atoms with van der Waals surface area (Å²) in [6.07, 6.45) is 0. The van der Waals surface area contributed by atoms with Crippen LogP contribution in [0.3, 0.4) is 0 Å². The lowest BCUT2D eigenvalue weighted by atomic mass is 10.0. The number of hydrogen-bond donors (Lipinski definition) is 2. The second kappa shape index (κ2) is 6.13. The van der Waals surface area contributed by atoms with Gasteiger partial charge in [0, 0.05) is 17.5 Å². The van der Waals surface area contributed by atoms with Crippen LogP contribution in [-0.4, -0.2) is 15.9 Å². The van der Waals surface area contributed by atoms with E-state index < -0.39 is 5.82 Å². The number of nitrogens with one attached hydrogen (secondary N) is 2. The fourth-order valence-electron chi connectivity index (χ4n) is 3.57. The molecule has 25 heavy (non-hydrogen) atoms. The van der Waals surface area contributed by atoms with E-state index in [0.717, 1.165) is 17.0 Å². The first-order valence-electron chi connectivity index (χ1n) is 8.45. The Bertz CT molecular complexity index is 828. The maximum Gasteiger partial charge on any atom is 0.229 e. The molecule has 0 bridgehead atoms. The first-order valence-corrected chi connectivity index (χ1v) is 8.83. The molecule has 134 valence electrons. The molecule has 2 atom stereocenters. The molecule has 0 unspecified atom stereocenters. The molecule has 1 aliphatic carbocycles. The average Bonchev–Trinajstić information content (AvgIpc) is 2.89. The van der Waals surface area contributed by atoms with Gasteiger partial charge in [0.15, 0.2) is 0 Å². The summed E-state index contributed by atoms with van der Waals surface area (Å²) in [6.45, 7) is 9.96. The van der Waals surface area contributed by atoms with E-state index in [1.165, 1.54) is 6.07 Å². The van der Waals surface area contributed by atoms with Crippen LogP contribution in [0.4, 0.5) is 10.3 Å². The van der Waals surface area contributed by atoms with Crippen molar-refractivity contribution in [3.05, 3.63) is 46.0 Å². The van der Waals surface area contributed by atoms with Crippen LogP contribution in [0.1, 0.15) is 56.5 Å². The molecule has 0 radical (unpaired) electrons. The Morgan fingerprint density at radius 2 is 2.04 bits per heavy atom. The van der Waals surface area contributed by atoms with Crippen molar-refractivity contribution >= 4 is 23.5 Å². The van der Waals surface area contributed by atoms with Crippen LogP contribution < -0.4 is 5.32 Å². The van der Waals surface area contributed by atoms with Gasteiger partial charge in [-0.2, -0.15) is 0 Å². The van der Waals surface area contributed by atoms with Gasteiger partial charge in [-0.25, -0.2) is 9.37 Å². The Hall–Kier alpha value is -1.88. The van der Waals surface area contributed by atoms with Crippen LogP contribution in [0.25, 0.3) is 0 Å². The standard InChI is InChI=1S/C19H23ClFN3O/c1-9(2)17(25)24-18-22-10(3)16(23-18)15-14(19(15,4)5)11-6-7-13(21)12(20)8-11/h6-9,14-15H,1-5H3,(H2,22,23,24,25)/t14-,15+/m1/s1. The lowest BCUT2D eigenvalue weighted by Gasteiger charge is -2.03. The molecule has 1 aromatic heterocycles. The molecule has 1 aromatic carbocycles. The number of H-pyrrole nitrogens is 1. The maximum absolute atomic E-state index is 13.5. The molecule has 6 heteroatoms. The van der Waals surface area contributed by atoms with Crippen molar-refractivity contribution in [2.75, 3.05) is 5.32 Å². The number of rotatable bonds is 4. The third-order valence-electron chi connectivity index (χ3n) is 5.11. The molecule has 2 N–H and O–H groups in total. The highest BCUT2D eigenvalue weighted by molar-refractivity contribution is 6.30. The molecular weight excluding hydrogens is 341 g/mol. The fraction of sp³-hybridized carbons (Fsp3) is 0.474. The number of aryl methyl sites for hydroxylation is 1. The molecule has 0 spiro atoms. The summed E-state index contributed by atoms with van der Waals surface area (Å²) in [6, 6.07) is 4.90. The molecule has 2 aromatic rings. The fourth-order valence-corrected chi connectivity index (χ4v) is 3.76. The van der Waals surface area contributed by atoms with Gasteiger partial charge in [-0.15, -0.1) is 0 Å². The van der Waals surface area contributed by atoms with Gasteiger partial charge in [-0.05, 0) is 36.0 Å². The first kappa shape index (κ1) is 17.9. The van der Waals surface area contributed by atoms with Gasteiger partial charge >= 0.3 is 0 Å². The van der Waals surface area contributed by atoms with Crippen molar-refractivity contribution in [2.24, 2.45) is 11.3 Å². The second-order valence-electron chi connectivity index (χ2n) is 7.69. The molecular formula is C19H23ClFN3O. The van der Waals surface area contributed by atoms with Crippen molar-refractivity contribution < 1.29 is 9.18 Å². The van der Waals surface area contributed by atoms with Crippen LogP contribution in [0.15, 0.2) is 18.2 Å². The third kappa shape index (κ3) is 3.17. The number of aromatic amines is 1. The Labute approximate surface area is 152 Å². The number of nitrogens with zero attached hydrogens (tertiary/aromatic N) is 1. The van der Waals surface area contributed by atoms with E-state index in [1.807, 2.05) is 20.8 Å². The lowest BCUT2D eigenvalue weighted by Crippen LogP contribution is -2.18. The number of imidazole rings is 1. The molecule has 1 saturated carbocycles. The highest BCUT2D eigenvalue weighted by Crippen LogP contribution is 2.70. The number of amides is 1. The summed E-state index contributed by atoms with van der Waals surface area (Å²) >= 11 is 5.95. The Morgan fingerprint density at radius 1 is 1.36 bits per heavy atom. The SMILES string of the molecule is Cc1[nH]c(NC(=O)C(C)C)nc1[C@@H]1[C@@H](c2ccc(F)c(Cl)c2)C1(C)C. The minimum Gasteiger partial charge on any atom is -0.328 e. The molecule has 3 rings (SSSR count). The molecule has 1 fully saturated rings.